The fourth-order valence-corrected chi connectivity index (χ4v) is 1.30. The van der Waals surface area contributed by atoms with Crippen molar-refractivity contribution in [3.05, 3.63) is 12.3 Å². The zero-order valence-corrected chi connectivity index (χ0v) is 9.47. The normalized spacial score (nSPS) is 11.0. The second-order valence-electron chi connectivity index (χ2n) is 3.64. The molecule has 0 rings (SSSR count). The average molecular weight is 199 g/mol. The van der Waals surface area contributed by atoms with E-state index in [1.165, 1.54) is 38.5 Å². The van der Waals surface area contributed by atoms with E-state index in [-0.39, 0.29) is 6.61 Å². The molecule has 0 aliphatic rings. The van der Waals surface area contributed by atoms with Crippen LogP contribution in [-0.2, 0) is 0 Å². The number of nitrogens with one attached hydrogen (secondary N) is 1. The number of rotatable bonds is 10. The third-order valence-electron chi connectivity index (χ3n) is 2.19. The zero-order chi connectivity index (χ0) is 10.5. The van der Waals surface area contributed by atoms with Crippen LogP contribution < -0.4 is 5.32 Å². The highest BCUT2D eigenvalue weighted by atomic mass is 16.3. The number of aliphatic hydroxyl groups is 1. The van der Waals surface area contributed by atoms with E-state index < -0.39 is 0 Å². The van der Waals surface area contributed by atoms with E-state index in [9.17, 15) is 0 Å². The molecule has 0 radical (unpaired) electrons. The summed E-state index contributed by atoms with van der Waals surface area (Å²) in [5, 5.41) is 11.7. The van der Waals surface area contributed by atoms with Crippen molar-refractivity contribution in [1.29, 1.82) is 0 Å². The predicted octanol–water partition coefficient (Wildman–Crippen LogP) is 2.83. The highest BCUT2D eigenvalue weighted by Crippen LogP contribution is 2.04. The van der Waals surface area contributed by atoms with E-state index in [1.807, 2.05) is 6.20 Å². The second kappa shape index (κ2) is 12.5. The predicted molar refractivity (Wildman–Crippen MR) is 62.2 cm³/mol. The van der Waals surface area contributed by atoms with Gasteiger partial charge in [-0.1, -0.05) is 38.7 Å². The summed E-state index contributed by atoms with van der Waals surface area (Å²) in [6, 6.07) is 0. The summed E-state index contributed by atoms with van der Waals surface area (Å²) in [5.41, 5.74) is 0. The molecule has 0 aromatic heterocycles. The first-order chi connectivity index (χ1) is 6.91. The minimum atomic E-state index is 0.276. The van der Waals surface area contributed by atoms with E-state index in [0.717, 1.165) is 13.0 Å². The lowest BCUT2D eigenvalue weighted by atomic mass is 10.1. The molecule has 0 saturated carbocycles. The van der Waals surface area contributed by atoms with Gasteiger partial charge in [0.15, 0.2) is 0 Å². The largest absolute Gasteiger partial charge is 0.396 e. The number of aliphatic hydroxyl groups excluding tert-OH is 1. The van der Waals surface area contributed by atoms with Gasteiger partial charge in [0.2, 0.25) is 0 Å². The number of hydrogen-bond acceptors (Lipinski definition) is 2. The molecule has 2 heteroatoms. The Labute approximate surface area is 88.4 Å². The van der Waals surface area contributed by atoms with Crippen molar-refractivity contribution in [3.8, 4) is 0 Å². The van der Waals surface area contributed by atoms with Crippen LogP contribution in [0.2, 0.25) is 0 Å². The van der Waals surface area contributed by atoms with Gasteiger partial charge in [-0.25, -0.2) is 0 Å². The Hall–Kier alpha value is -0.500. The van der Waals surface area contributed by atoms with Gasteiger partial charge in [-0.15, -0.1) is 0 Å². The fourth-order valence-electron chi connectivity index (χ4n) is 1.30. The summed E-state index contributed by atoms with van der Waals surface area (Å²) in [4.78, 5) is 0. The SMILES string of the molecule is CCCCCCCC=CNCCCO. The summed E-state index contributed by atoms with van der Waals surface area (Å²) in [6.07, 6.45) is 12.9. The van der Waals surface area contributed by atoms with Crippen LogP contribution in [0.15, 0.2) is 12.3 Å². The van der Waals surface area contributed by atoms with Gasteiger partial charge in [0.25, 0.3) is 0 Å². The molecule has 0 aliphatic heterocycles. The van der Waals surface area contributed by atoms with Gasteiger partial charge in [-0.3, -0.25) is 0 Å². The summed E-state index contributed by atoms with van der Waals surface area (Å²) in [6.45, 7) is 3.39. The molecule has 0 amide bonds. The third kappa shape index (κ3) is 11.5. The van der Waals surface area contributed by atoms with Gasteiger partial charge in [-0.2, -0.15) is 0 Å². The van der Waals surface area contributed by atoms with Crippen molar-refractivity contribution in [1.82, 2.24) is 5.32 Å². The lowest BCUT2D eigenvalue weighted by molar-refractivity contribution is 0.288. The molecule has 84 valence electrons. The van der Waals surface area contributed by atoms with Crippen molar-refractivity contribution in [2.45, 2.75) is 51.9 Å². The number of allylic oxidation sites excluding steroid dienone is 1. The molecule has 0 aliphatic carbocycles. The lowest BCUT2D eigenvalue weighted by Gasteiger charge is -1.98. The molecule has 0 bridgehead atoms. The van der Waals surface area contributed by atoms with Gasteiger partial charge in [-0.05, 0) is 25.5 Å². The Balaban J connectivity index is 2.96. The summed E-state index contributed by atoms with van der Waals surface area (Å²) >= 11 is 0. The minimum Gasteiger partial charge on any atom is -0.396 e. The van der Waals surface area contributed by atoms with Crippen LogP contribution in [0.5, 0.6) is 0 Å². The Morgan fingerprint density at radius 1 is 1.07 bits per heavy atom. The van der Waals surface area contributed by atoms with Crippen LogP contribution in [0.3, 0.4) is 0 Å². The quantitative estimate of drug-likeness (QED) is 0.530. The standard InChI is InChI=1S/C12H25NO/c1-2-3-4-5-6-7-8-10-13-11-9-12-14/h8,10,13-14H,2-7,9,11-12H2,1H3. The maximum atomic E-state index is 8.53. The molecule has 0 heterocycles. The van der Waals surface area contributed by atoms with Crippen molar-refractivity contribution in [2.75, 3.05) is 13.2 Å². The van der Waals surface area contributed by atoms with Crippen LogP contribution in [0.1, 0.15) is 51.9 Å². The van der Waals surface area contributed by atoms with Crippen molar-refractivity contribution < 1.29 is 5.11 Å². The monoisotopic (exact) mass is 199 g/mol. The first kappa shape index (κ1) is 13.5. The van der Waals surface area contributed by atoms with Crippen LogP contribution in [-0.4, -0.2) is 18.3 Å². The Morgan fingerprint density at radius 2 is 1.86 bits per heavy atom. The molecular formula is C12H25NO. The summed E-state index contributed by atoms with van der Waals surface area (Å²) in [5.74, 6) is 0. The molecular weight excluding hydrogens is 174 g/mol. The van der Waals surface area contributed by atoms with E-state index in [4.69, 9.17) is 5.11 Å². The van der Waals surface area contributed by atoms with Crippen molar-refractivity contribution >= 4 is 0 Å². The maximum absolute atomic E-state index is 8.53. The van der Waals surface area contributed by atoms with Gasteiger partial charge in [0.1, 0.15) is 0 Å². The number of hydrogen-bond donors (Lipinski definition) is 2. The smallest absolute Gasteiger partial charge is 0.0447 e. The summed E-state index contributed by atoms with van der Waals surface area (Å²) in [7, 11) is 0. The molecule has 0 spiro atoms. The average Bonchev–Trinajstić information content (AvgIpc) is 2.21. The van der Waals surface area contributed by atoms with E-state index in [0.29, 0.717) is 0 Å². The topological polar surface area (TPSA) is 32.3 Å². The highest BCUT2D eigenvalue weighted by molar-refractivity contribution is 4.78. The van der Waals surface area contributed by atoms with Gasteiger partial charge in [0, 0.05) is 13.2 Å². The van der Waals surface area contributed by atoms with Crippen LogP contribution in [0, 0.1) is 0 Å². The van der Waals surface area contributed by atoms with Crippen molar-refractivity contribution in [3.63, 3.8) is 0 Å². The van der Waals surface area contributed by atoms with E-state index in [1.54, 1.807) is 0 Å². The van der Waals surface area contributed by atoms with Crippen molar-refractivity contribution in [2.24, 2.45) is 0 Å². The molecule has 0 atom stereocenters. The second-order valence-corrected chi connectivity index (χ2v) is 3.64. The minimum absolute atomic E-state index is 0.276. The maximum Gasteiger partial charge on any atom is 0.0447 e. The highest BCUT2D eigenvalue weighted by Gasteiger charge is 1.86. The molecule has 2 nitrogen and oxygen atoms in total. The first-order valence-electron chi connectivity index (χ1n) is 5.91. The first-order valence-corrected chi connectivity index (χ1v) is 5.91. The Kier molecular flexibility index (Phi) is 12.1. The molecule has 0 aromatic carbocycles. The molecule has 2 N–H and O–H groups in total. The van der Waals surface area contributed by atoms with Crippen LogP contribution in [0.4, 0.5) is 0 Å². The fraction of sp³-hybridized carbons (Fsp3) is 0.833. The van der Waals surface area contributed by atoms with E-state index >= 15 is 0 Å². The van der Waals surface area contributed by atoms with Gasteiger partial charge < -0.3 is 10.4 Å². The number of unbranched alkanes of at least 4 members (excludes halogenated alkanes) is 5. The zero-order valence-electron chi connectivity index (χ0n) is 9.47. The van der Waals surface area contributed by atoms with Crippen LogP contribution >= 0.6 is 0 Å². The molecule has 14 heavy (non-hydrogen) atoms. The lowest BCUT2D eigenvalue weighted by Crippen LogP contribution is -2.07. The Morgan fingerprint density at radius 3 is 2.57 bits per heavy atom. The molecule has 0 aromatic rings. The van der Waals surface area contributed by atoms with Gasteiger partial charge in [0.05, 0.1) is 0 Å². The Bertz CT molecular complexity index is 123. The molecule has 0 fully saturated rings. The van der Waals surface area contributed by atoms with E-state index in [2.05, 4.69) is 18.3 Å². The summed E-state index contributed by atoms with van der Waals surface area (Å²) < 4.78 is 0. The van der Waals surface area contributed by atoms with Crippen LogP contribution in [0.25, 0.3) is 0 Å². The molecule has 0 unspecified atom stereocenters. The molecule has 0 saturated heterocycles. The van der Waals surface area contributed by atoms with Gasteiger partial charge >= 0.3 is 0 Å². The third-order valence-corrected chi connectivity index (χ3v) is 2.19.